The van der Waals surface area contributed by atoms with Crippen molar-refractivity contribution in [3.8, 4) is 11.5 Å². The van der Waals surface area contributed by atoms with Crippen molar-refractivity contribution in [2.75, 3.05) is 26.3 Å². The van der Waals surface area contributed by atoms with Gasteiger partial charge in [-0.05, 0) is 41.8 Å². The van der Waals surface area contributed by atoms with Crippen molar-refractivity contribution in [1.82, 2.24) is 4.31 Å². The lowest BCUT2D eigenvalue weighted by molar-refractivity contribution is 0.171. The SMILES string of the molecule is O=S(=O)(c1ccc2c(c1)OCCO2)N1CC=C(c2ccc(F)cc2)CC1. The molecule has 5 nitrogen and oxygen atoms in total. The van der Waals surface area contributed by atoms with Crippen molar-refractivity contribution in [3.05, 3.63) is 59.9 Å². The zero-order valence-corrected chi connectivity index (χ0v) is 14.8. The summed E-state index contributed by atoms with van der Waals surface area (Å²) in [5, 5.41) is 0. The minimum Gasteiger partial charge on any atom is -0.486 e. The fraction of sp³-hybridized carbons (Fsp3) is 0.263. The van der Waals surface area contributed by atoms with Gasteiger partial charge in [-0.1, -0.05) is 18.2 Å². The summed E-state index contributed by atoms with van der Waals surface area (Å²) < 4.78 is 51.2. The van der Waals surface area contributed by atoms with E-state index in [1.807, 2.05) is 6.08 Å². The molecule has 2 aliphatic heterocycles. The highest BCUT2D eigenvalue weighted by molar-refractivity contribution is 7.89. The Balaban J connectivity index is 1.55. The number of sulfonamides is 1. The number of benzene rings is 2. The van der Waals surface area contributed by atoms with Crippen LogP contribution in [0.2, 0.25) is 0 Å². The van der Waals surface area contributed by atoms with Crippen LogP contribution in [0.3, 0.4) is 0 Å². The summed E-state index contributed by atoms with van der Waals surface area (Å²) in [5.74, 6) is 0.734. The molecule has 26 heavy (non-hydrogen) atoms. The fourth-order valence-electron chi connectivity index (χ4n) is 3.13. The predicted octanol–water partition coefficient (Wildman–Crippen LogP) is 3.07. The van der Waals surface area contributed by atoms with Crippen molar-refractivity contribution >= 4 is 15.6 Å². The second-order valence-corrected chi connectivity index (χ2v) is 8.09. The third kappa shape index (κ3) is 3.20. The lowest BCUT2D eigenvalue weighted by Gasteiger charge is -2.26. The molecular formula is C19H18FNO4S. The normalized spacial score (nSPS) is 17.7. The molecule has 2 aliphatic rings. The van der Waals surface area contributed by atoms with Gasteiger partial charge < -0.3 is 9.47 Å². The van der Waals surface area contributed by atoms with Gasteiger partial charge in [0.2, 0.25) is 10.0 Å². The van der Waals surface area contributed by atoms with Crippen LogP contribution < -0.4 is 9.47 Å². The Hall–Kier alpha value is -2.38. The summed E-state index contributed by atoms with van der Waals surface area (Å²) in [4.78, 5) is 0.195. The molecule has 0 aromatic heterocycles. The molecule has 0 atom stereocenters. The van der Waals surface area contributed by atoms with E-state index < -0.39 is 10.0 Å². The monoisotopic (exact) mass is 375 g/mol. The molecule has 0 aliphatic carbocycles. The maximum Gasteiger partial charge on any atom is 0.243 e. The lowest BCUT2D eigenvalue weighted by atomic mass is 10.0. The van der Waals surface area contributed by atoms with E-state index in [0.717, 1.165) is 11.1 Å². The van der Waals surface area contributed by atoms with Crippen molar-refractivity contribution in [1.29, 1.82) is 0 Å². The van der Waals surface area contributed by atoms with Gasteiger partial charge in [-0.2, -0.15) is 4.31 Å². The summed E-state index contributed by atoms with van der Waals surface area (Å²) >= 11 is 0. The Labute approximate surface area is 151 Å². The minimum absolute atomic E-state index is 0.195. The molecule has 0 bridgehead atoms. The zero-order chi connectivity index (χ0) is 18.1. The molecule has 136 valence electrons. The van der Waals surface area contributed by atoms with Crippen LogP contribution in [0.4, 0.5) is 4.39 Å². The topological polar surface area (TPSA) is 55.8 Å². The number of hydrogen-bond donors (Lipinski definition) is 0. The number of rotatable bonds is 3. The maximum absolute atomic E-state index is 13.1. The highest BCUT2D eigenvalue weighted by Crippen LogP contribution is 2.34. The van der Waals surface area contributed by atoms with Gasteiger partial charge in [0, 0.05) is 19.2 Å². The van der Waals surface area contributed by atoms with Crippen LogP contribution in [-0.4, -0.2) is 39.0 Å². The summed E-state index contributed by atoms with van der Waals surface area (Å²) in [6.45, 7) is 1.52. The number of hydrogen-bond acceptors (Lipinski definition) is 4. The predicted molar refractivity (Wildman–Crippen MR) is 95.2 cm³/mol. The number of ether oxygens (including phenoxy) is 2. The molecule has 0 saturated carbocycles. The quantitative estimate of drug-likeness (QED) is 0.827. The highest BCUT2D eigenvalue weighted by atomic mass is 32.2. The molecule has 0 saturated heterocycles. The van der Waals surface area contributed by atoms with Gasteiger partial charge in [-0.15, -0.1) is 0 Å². The van der Waals surface area contributed by atoms with Crippen LogP contribution in [0.5, 0.6) is 11.5 Å². The lowest BCUT2D eigenvalue weighted by Crippen LogP contribution is -2.34. The zero-order valence-electron chi connectivity index (χ0n) is 14.0. The van der Waals surface area contributed by atoms with E-state index >= 15 is 0 Å². The van der Waals surface area contributed by atoms with E-state index in [-0.39, 0.29) is 17.3 Å². The van der Waals surface area contributed by atoms with Gasteiger partial charge in [-0.3, -0.25) is 0 Å². The molecule has 7 heteroatoms. The van der Waals surface area contributed by atoms with Crippen LogP contribution in [-0.2, 0) is 10.0 Å². The first-order valence-electron chi connectivity index (χ1n) is 8.39. The first-order valence-corrected chi connectivity index (χ1v) is 9.83. The van der Waals surface area contributed by atoms with E-state index in [2.05, 4.69) is 0 Å². The van der Waals surface area contributed by atoms with Crippen LogP contribution in [0, 0.1) is 5.82 Å². The molecule has 0 fully saturated rings. The average Bonchev–Trinajstić information content (AvgIpc) is 2.68. The Morgan fingerprint density at radius 1 is 0.962 bits per heavy atom. The maximum atomic E-state index is 13.1. The third-order valence-electron chi connectivity index (χ3n) is 4.54. The molecular weight excluding hydrogens is 357 g/mol. The summed E-state index contributed by atoms with van der Waals surface area (Å²) in [6.07, 6.45) is 2.46. The van der Waals surface area contributed by atoms with Crippen LogP contribution in [0.25, 0.3) is 5.57 Å². The largest absolute Gasteiger partial charge is 0.486 e. The Morgan fingerprint density at radius 3 is 2.38 bits per heavy atom. The van der Waals surface area contributed by atoms with Crippen molar-refractivity contribution in [2.24, 2.45) is 0 Å². The fourth-order valence-corrected chi connectivity index (χ4v) is 4.52. The molecule has 0 amide bonds. The first kappa shape index (κ1) is 17.1. The van der Waals surface area contributed by atoms with Crippen LogP contribution >= 0.6 is 0 Å². The van der Waals surface area contributed by atoms with Gasteiger partial charge in [0.05, 0.1) is 4.90 Å². The second kappa shape index (κ2) is 6.74. The van der Waals surface area contributed by atoms with Gasteiger partial charge in [0.15, 0.2) is 11.5 Å². The van der Waals surface area contributed by atoms with Gasteiger partial charge in [0.25, 0.3) is 0 Å². The van der Waals surface area contributed by atoms with E-state index in [1.165, 1.54) is 22.5 Å². The van der Waals surface area contributed by atoms with Gasteiger partial charge in [0.1, 0.15) is 19.0 Å². The Bertz CT molecular complexity index is 954. The Morgan fingerprint density at radius 2 is 1.69 bits per heavy atom. The summed E-state index contributed by atoms with van der Waals surface area (Å²) in [6, 6.07) is 10.9. The molecule has 2 aromatic carbocycles. The van der Waals surface area contributed by atoms with Crippen LogP contribution in [0.15, 0.2) is 53.4 Å². The summed E-state index contributed by atoms with van der Waals surface area (Å²) in [7, 11) is -3.61. The van der Waals surface area contributed by atoms with E-state index in [1.54, 1.807) is 24.3 Å². The molecule has 0 radical (unpaired) electrons. The standard InChI is InChI=1S/C19H18FNO4S/c20-16-3-1-14(2-4-16)15-7-9-21(10-8-15)26(22,23)17-5-6-18-19(13-17)25-12-11-24-18/h1-7,13H,8-12H2. The molecule has 2 aromatic rings. The number of fused-ring (bicyclic) bond motifs is 1. The molecule has 0 unspecified atom stereocenters. The first-order chi connectivity index (χ1) is 12.5. The molecule has 0 N–H and O–H groups in total. The van der Waals surface area contributed by atoms with Crippen molar-refractivity contribution in [3.63, 3.8) is 0 Å². The number of halogens is 1. The van der Waals surface area contributed by atoms with Crippen molar-refractivity contribution < 1.29 is 22.3 Å². The summed E-state index contributed by atoms with van der Waals surface area (Å²) in [5.41, 5.74) is 1.95. The molecule has 2 heterocycles. The van der Waals surface area contributed by atoms with E-state index in [0.29, 0.717) is 37.7 Å². The van der Waals surface area contributed by atoms with Crippen molar-refractivity contribution in [2.45, 2.75) is 11.3 Å². The van der Waals surface area contributed by atoms with E-state index in [4.69, 9.17) is 9.47 Å². The van der Waals surface area contributed by atoms with Gasteiger partial charge in [-0.25, -0.2) is 12.8 Å². The molecule has 0 spiro atoms. The third-order valence-corrected chi connectivity index (χ3v) is 6.40. The molecule has 4 rings (SSSR count). The Kier molecular flexibility index (Phi) is 4.42. The average molecular weight is 375 g/mol. The van der Waals surface area contributed by atoms with E-state index in [9.17, 15) is 12.8 Å². The van der Waals surface area contributed by atoms with Gasteiger partial charge >= 0.3 is 0 Å². The highest BCUT2D eigenvalue weighted by Gasteiger charge is 2.28. The number of nitrogens with zero attached hydrogens (tertiary/aromatic N) is 1. The van der Waals surface area contributed by atoms with Crippen LogP contribution in [0.1, 0.15) is 12.0 Å². The minimum atomic E-state index is -3.61. The second-order valence-electron chi connectivity index (χ2n) is 6.15. The smallest absolute Gasteiger partial charge is 0.243 e.